The van der Waals surface area contributed by atoms with Crippen LogP contribution in [0.1, 0.15) is 37.3 Å². The van der Waals surface area contributed by atoms with Gasteiger partial charge in [0.15, 0.2) is 0 Å². The van der Waals surface area contributed by atoms with Gasteiger partial charge in [0.05, 0.1) is 19.3 Å². The maximum atomic E-state index is 14.1. The van der Waals surface area contributed by atoms with Crippen molar-refractivity contribution >= 4 is 0 Å². The smallest absolute Gasteiger partial charge is 0.128 e. The van der Waals surface area contributed by atoms with Gasteiger partial charge in [0, 0.05) is 24.2 Å². The quantitative estimate of drug-likeness (QED) is 0.923. The summed E-state index contributed by atoms with van der Waals surface area (Å²) < 4.78 is 19.6. The zero-order valence-electron chi connectivity index (χ0n) is 11.9. The zero-order chi connectivity index (χ0) is 14.0. The molecule has 1 aromatic carbocycles. The van der Waals surface area contributed by atoms with Crippen molar-refractivity contribution in [2.75, 3.05) is 26.3 Å². The van der Waals surface area contributed by atoms with E-state index in [1.165, 1.54) is 18.9 Å². The average Bonchev–Trinajstić information content (AvgIpc) is 2.99. The molecule has 1 saturated heterocycles. The summed E-state index contributed by atoms with van der Waals surface area (Å²) in [6.45, 7) is 3.32. The highest BCUT2D eigenvalue weighted by atomic mass is 19.1. The molecule has 0 bridgehead atoms. The highest BCUT2D eigenvalue weighted by Crippen LogP contribution is 2.44. The van der Waals surface area contributed by atoms with Gasteiger partial charge in [0.25, 0.3) is 0 Å². The van der Waals surface area contributed by atoms with E-state index < -0.39 is 0 Å². The highest BCUT2D eigenvalue weighted by Gasteiger charge is 2.45. The maximum Gasteiger partial charge on any atom is 0.128 e. The molecule has 2 aliphatic rings. The molecule has 20 heavy (non-hydrogen) atoms. The molecule has 1 aliphatic heterocycles. The first kappa shape index (κ1) is 14.0. The van der Waals surface area contributed by atoms with Crippen LogP contribution in [-0.2, 0) is 4.74 Å². The van der Waals surface area contributed by atoms with E-state index in [9.17, 15) is 4.39 Å². The third kappa shape index (κ3) is 2.36. The van der Waals surface area contributed by atoms with Crippen LogP contribution >= 0.6 is 0 Å². The Morgan fingerprint density at radius 1 is 1.15 bits per heavy atom. The second kappa shape index (κ2) is 5.80. The number of hydrogen-bond acceptors (Lipinski definition) is 3. The predicted octanol–water partition coefficient (Wildman–Crippen LogP) is 2.47. The molecular formula is C16H23FN2O. The van der Waals surface area contributed by atoms with E-state index in [0.29, 0.717) is 5.56 Å². The van der Waals surface area contributed by atoms with E-state index in [4.69, 9.17) is 10.5 Å². The number of nitrogens with two attached hydrogens (primary N) is 1. The first-order valence-corrected chi connectivity index (χ1v) is 7.57. The van der Waals surface area contributed by atoms with Crippen molar-refractivity contribution in [3.63, 3.8) is 0 Å². The van der Waals surface area contributed by atoms with Crippen LogP contribution in [0.25, 0.3) is 0 Å². The van der Waals surface area contributed by atoms with Gasteiger partial charge in [0.2, 0.25) is 0 Å². The number of halogens is 1. The minimum Gasteiger partial charge on any atom is -0.379 e. The van der Waals surface area contributed by atoms with E-state index in [0.717, 1.165) is 39.1 Å². The summed E-state index contributed by atoms with van der Waals surface area (Å²) in [6.07, 6.45) is 4.48. The lowest BCUT2D eigenvalue weighted by Crippen LogP contribution is -2.57. The fourth-order valence-corrected chi connectivity index (χ4v) is 3.84. The van der Waals surface area contributed by atoms with Gasteiger partial charge in [0.1, 0.15) is 5.82 Å². The Labute approximate surface area is 119 Å². The SMILES string of the molecule is NC(c1ccccc1F)C1(N2CCOCC2)CCCC1. The molecule has 110 valence electrons. The molecule has 1 heterocycles. The molecular weight excluding hydrogens is 255 g/mol. The summed E-state index contributed by atoms with van der Waals surface area (Å²) in [4.78, 5) is 2.45. The van der Waals surface area contributed by atoms with Crippen LogP contribution in [0, 0.1) is 5.82 Å². The number of benzene rings is 1. The molecule has 4 heteroatoms. The second-order valence-corrected chi connectivity index (χ2v) is 5.91. The molecule has 0 spiro atoms. The summed E-state index contributed by atoms with van der Waals surface area (Å²) in [5.41, 5.74) is 7.11. The molecule has 3 rings (SSSR count). The molecule has 1 aromatic rings. The van der Waals surface area contributed by atoms with Crippen LogP contribution < -0.4 is 5.73 Å². The lowest BCUT2D eigenvalue weighted by Gasteiger charge is -2.47. The number of nitrogens with zero attached hydrogens (tertiary/aromatic N) is 1. The van der Waals surface area contributed by atoms with Gasteiger partial charge in [-0.15, -0.1) is 0 Å². The molecule has 1 unspecified atom stereocenters. The summed E-state index contributed by atoms with van der Waals surface area (Å²) >= 11 is 0. The minimum absolute atomic E-state index is 0.0913. The first-order chi connectivity index (χ1) is 9.74. The maximum absolute atomic E-state index is 14.1. The Hall–Kier alpha value is -0.970. The van der Waals surface area contributed by atoms with Crippen molar-refractivity contribution in [2.45, 2.75) is 37.3 Å². The Balaban J connectivity index is 1.91. The van der Waals surface area contributed by atoms with Crippen molar-refractivity contribution in [2.24, 2.45) is 5.73 Å². The molecule has 0 amide bonds. The average molecular weight is 278 g/mol. The standard InChI is InChI=1S/C16H23FN2O/c17-14-6-2-1-5-13(14)15(18)16(7-3-4-8-16)19-9-11-20-12-10-19/h1-2,5-6,15H,3-4,7-12,18H2. The third-order valence-corrected chi connectivity index (χ3v) is 4.93. The normalized spacial score (nSPS) is 24.7. The summed E-state index contributed by atoms with van der Waals surface area (Å²) in [6, 6.07) is 6.68. The Morgan fingerprint density at radius 2 is 1.80 bits per heavy atom. The molecule has 3 nitrogen and oxygen atoms in total. The third-order valence-electron chi connectivity index (χ3n) is 4.93. The Kier molecular flexibility index (Phi) is 4.06. The fraction of sp³-hybridized carbons (Fsp3) is 0.625. The van der Waals surface area contributed by atoms with Gasteiger partial charge in [-0.25, -0.2) is 4.39 Å². The van der Waals surface area contributed by atoms with Crippen LogP contribution in [-0.4, -0.2) is 36.7 Å². The van der Waals surface area contributed by atoms with Gasteiger partial charge in [-0.2, -0.15) is 0 Å². The molecule has 0 aromatic heterocycles. The van der Waals surface area contributed by atoms with E-state index in [2.05, 4.69) is 4.90 Å². The molecule has 2 fully saturated rings. The second-order valence-electron chi connectivity index (χ2n) is 5.91. The first-order valence-electron chi connectivity index (χ1n) is 7.57. The van der Waals surface area contributed by atoms with Crippen LogP contribution in [0.2, 0.25) is 0 Å². The van der Waals surface area contributed by atoms with Crippen molar-refractivity contribution in [1.82, 2.24) is 4.90 Å². The van der Waals surface area contributed by atoms with Crippen molar-refractivity contribution in [3.05, 3.63) is 35.6 Å². The fourth-order valence-electron chi connectivity index (χ4n) is 3.84. The summed E-state index contributed by atoms with van der Waals surface area (Å²) in [5.74, 6) is -0.181. The van der Waals surface area contributed by atoms with Crippen molar-refractivity contribution < 1.29 is 9.13 Å². The van der Waals surface area contributed by atoms with Crippen LogP contribution in [0.5, 0.6) is 0 Å². The van der Waals surface area contributed by atoms with Gasteiger partial charge < -0.3 is 10.5 Å². The summed E-state index contributed by atoms with van der Waals surface area (Å²) in [7, 11) is 0. The molecule has 1 atom stereocenters. The van der Waals surface area contributed by atoms with Gasteiger partial charge in [-0.05, 0) is 18.9 Å². The van der Waals surface area contributed by atoms with E-state index in [-0.39, 0.29) is 17.4 Å². The number of ether oxygens (including phenoxy) is 1. The largest absolute Gasteiger partial charge is 0.379 e. The minimum atomic E-state index is -0.260. The lowest BCUT2D eigenvalue weighted by atomic mass is 9.82. The number of rotatable bonds is 3. The van der Waals surface area contributed by atoms with Crippen LogP contribution in [0.4, 0.5) is 4.39 Å². The van der Waals surface area contributed by atoms with E-state index >= 15 is 0 Å². The molecule has 2 N–H and O–H groups in total. The zero-order valence-corrected chi connectivity index (χ0v) is 11.9. The highest BCUT2D eigenvalue weighted by molar-refractivity contribution is 5.25. The molecule has 1 aliphatic carbocycles. The monoisotopic (exact) mass is 278 g/mol. The Morgan fingerprint density at radius 3 is 2.45 bits per heavy atom. The van der Waals surface area contributed by atoms with E-state index in [1.54, 1.807) is 6.07 Å². The summed E-state index contributed by atoms with van der Waals surface area (Å²) in [5, 5.41) is 0. The number of morpholine rings is 1. The van der Waals surface area contributed by atoms with Gasteiger partial charge >= 0.3 is 0 Å². The predicted molar refractivity (Wildman–Crippen MR) is 76.9 cm³/mol. The van der Waals surface area contributed by atoms with Crippen LogP contribution in [0.3, 0.4) is 0 Å². The van der Waals surface area contributed by atoms with Crippen LogP contribution in [0.15, 0.2) is 24.3 Å². The van der Waals surface area contributed by atoms with Crippen molar-refractivity contribution in [1.29, 1.82) is 0 Å². The molecule has 0 radical (unpaired) electrons. The number of hydrogen-bond donors (Lipinski definition) is 1. The van der Waals surface area contributed by atoms with Gasteiger partial charge in [-0.1, -0.05) is 31.0 Å². The topological polar surface area (TPSA) is 38.5 Å². The van der Waals surface area contributed by atoms with E-state index in [1.807, 2.05) is 12.1 Å². The Bertz CT molecular complexity index is 454. The van der Waals surface area contributed by atoms with Crippen molar-refractivity contribution in [3.8, 4) is 0 Å². The molecule has 1 saturated carbocycles. The van der Waals surface area contributed by atoms with Gasteiger partial charge in [-0.3, -0.25) is 4.90 Å². The lowest BCUT2D eigenvalue weighted by molar-refractivity contribution is -0.0315.